The van der Waals surface area contributed by atoms with E-state index >= 15 is 0 Å². The van der Waals surface area contributed by atoms with Crippen molar-refractivity contribution in [3.8, 4) is 6.01 Å². The molecule has 1 heterocycles. The van der Waals surface area contributed by atoms with Crippen LogP contribution >= 0.6 is 0 Å². The van der Waals surface area contributed by atoms with E-state index in [-0.39, 0.29) is 18.4 Å². The van der Waals surface area contributed by atoms with E-state index in [1.807, 2.05) is 18.2 Å². The van der Waals surface area contributed by atoms with Crippen molar-refractivity contribution < 1.29 is 23.8 Å². The van der Waals surface area contributed by atoms with Gasteiger partial charge in [0.15, 0.2) is 0 Å². The van der Waals surface area contributed by atoms with Gasteiger partial charge in [0.25, 0.3) is 0 Å². The standard InChI is InChI=1S/C24H25FN2O4/c1-16-15-17(2)27-23(26-16)31-21(22(28)29)24(3,19-7-5-4-6-8-19)30-14-13-18-9-11-20(25)12-10-18/h4-12,15,21H,13-14H2,1-3H3,(H,28,29)/t21-,24-/m1/s1. The van der Waals surface area contributed by atoms with Gasteiger partial charge in [-0.05, 0) is 56.5 Å². The van der Waals surface area contributed by atoms with Gasteiger partial charge < -0.3 is 14.6 Å². The second-order valence-electron chi connectivity index (χ2n) is 7.47. The molecule has 0 saturated heterocycles. The summed E-state index contributed by atoms with van der Waals surface area (Å²) in [7, 11) is 0. The summed E-state index contributed by atoms with van der Waals surface area (Å²) in [6.07, 6.45) is -0.918. The SMILES string of the molecule is Cc1cc(C)nc(O[C@H](C(=O)O)[C@](C)(OCCc2ccc(F)cc2)c2ccccc2)n1. The van der Waals surface area contributed by atoms with Gasteiger partial charge in [-0.25, -0.2) is 19.2 Å². The fourth-order valence-corrected chi connectivity index (χ4v) is 3.36. The van der Waals surface area contributed by atoms with Gasteiger partial charge in [-0.1, -0.05) is 42.5 Å². The highest BCUT2D eigenvalue weighted by Gasteiger charge is 2.44. The van der Waals surface area contributed by atoms with Gasteiger partial charge in [-0.15, -0.1) is 0 Å². The summed E-state index contributed by atoms with van der Waals surface area (Å²) in [5.74, 6) is -1.51. The molecule has 0 aliphatic heterocycles. The molecular weight excluding hydrogens is 399 g/mol. The maximum atomic E-state index is 13.2. The number of rotatable bonds is 9. The summed E-state index contributed by atoms with van der Waals surface area (Å²) >= 11 is 0. The number of nitrogens with zero attached hydrogens (tertiary/aromatic N) is 2. The third-order valence-corrected chi connectivity index (χ3v) is 4.96. The minimum absolute atomic E-state index is 0.0193. The summed E-state index contributed by atoms with van der Waals surface area (Å²) in [6, 6.07) is 16.9. The quantitative estimate of drug-likeness (QED) is 0.553. The number of aliphatic carboxylic acids is 1. The molecule has 0 radical (unpaired) electrons. The molecule has 1 N–H and O–H groups in total. The Morgan fingerprint density at radius 1 is 1.06 bits per heavy atom. The Balaban J connectivity index is 1.89. The van der Waals surface area contributed by atoms with E-state index in [4.69, 9.17) is 9.47 Å². The van der Waals surface area contributed by atoms with E-state index in [0.29, 0.717) is 23.4 Å². The molecule has 0 amide bonds. The lowest BCUT2D eigenvalue weighted by Crippen LogP contribution is -2.49. The van der Waals surface area contributed by atoms with Crippen LogP contribution in [-0.2, 0) is 21.6 Å². The first kappa shape index (κ1) is 22.4. The van der Waals surface area contributed by atoms with E-state index in [1.54, 1.807) is 51.1 Å². The van der Waals surface area contributed by atoms with Crippen LogP contribution in [0.5, 0.6) is 6.01 Å². The highest BCUT2D eigenvalue weighted by Crippen LogP contribution is 2.32. The molecule has 3 aromatic rings. The molecular formula is C24H25FN2O4. The van der Waals surface area contributed by atoms with Crippen LogP contribution in [-0.4, -0.2) is 33.8 Å². The number of hydrogen-bond acceptors (Lipinski definition) is 5. The summed E-state index contributed by atoms with van der Waals surface area (Å²) in [4.78, 5) is 20.7. The molecule has 0 saturated carbocycles. The van der Waals surface area contributed by atoms with Crippen molar-refractivity contribution in [1.82, 2.24) is 9.97 Å². The largest absolute Gasteiger partial charge is 0.478 e. The number of hydrogen-bond donors (Lipinski definition) is 1. The van der Waals surface area contributed by atoms with E-state index < -0.39 is 17.7 Å². The van der Waals surface area contributed by atoms with Crippen LogP contribution in [0.15, 0.2) is 60.7 Å². The van der Waals surface area contributed by atoms with E-state index in [9.17, 15) is 14.3 Å². The monoisotopic (exact) mass is 424 g/mol. The molecule has 7 heteroatoms. The van der Waals surface area contributed by atoms with Gasteiger partial charge in [-0.2, -0.15) is 0 Å². The maximum absolute atomic E-state index is 13.2. The van der Waals surface area contributed by atoms with Crippen LogP contribution in [0, 0.1) is 19.7 Å². The number of aryl methyl sites for hydroxylation is 2. The van der Waals surface area contributed by atoms with E-state index in [0.717, 1.165) is 5.56 Å². The Morgan fingerprint density at radius 2 is 1.68 bits per heavy atom. The molecule has 31 heavy (non-hydrogen) atoms. The number of carboxylic acid groups (broad SMARTS) is 1. The zero-order valence-corrected chi connectivity index (χ0v) is 17.7. The molecule has 0 aliphatic carbocycles. The van der Waals surface area contributed by atoms with Gasteiger partial charge in [0.1, 0.15) is 11.4 Å². The average molecular weight is 424 g/mol. The summed E-state index contributed by atoms with van der Waals surface area (Å²) < 4.78 is 25.1. The number of halogens is 1. The number of carboxylic acids is 1. The molecule has 6 nitrogen and oxygen atoms in total. The van der Waals surface area contributed by atoms with Crippen molar-refractivity contribution in [3.63, 3.8) is 0 Å². The molecule has 3 rings (SSSR count). The lowest BCUT2D eigenvalue weighted by molar-refractivity contribution is -0.168. The number of benzene rings is 2. The van der Waals surface area contributed by atoms with Crippen LogP contribution in [0.1, 0.15) is 29.4 Å². The third kappa shape index (κ3) is 5.64. The Kier molecular flexibility index (Phi) is 6.97. The Bertz CT molecular complexity index is 1010. The van der Waals surface area contributed by atoms with Gasteiger partial charge in [-0.3, -0.25) is 0 Å². The Labute approximate surface area is 180 Å². The third-order valence-electron chi connectivity index (χ3n) is 4.96. The fraction of sp³-hybridized carbons (Fsp3) is 0.292. The molecule has 0 bridgehead atoms. The summed E-state index contributed by atoms with van der Waals surface area (Å²) in [6.45, 7) is 5.45. The van der Waals surface area contributed by atoms with E-state index in [2.05, 4.69) is 9.97 Å². The van der Waals surface area contributed by atoms with Crippen LogP contribution in [0.25, 0.3) is 0 Å². The molecule has 0 fully saturated rings. The van der Waals surface area contributed by atoms with Crippen molar-refractivity contribution in [3.05, 3.63) is 89.0 Å². The molecule has 2 aromatic carbocycles. The molecule has 0 aliphatic rings. The molecule has 2 atom stereocenters. The average Bonchev–Trinajstić information content (AvgIpc) is 2.73. The van der Waals surface area contributed by atoms with Crippen molar-refractivity contribution >= 4 is 5.97 Å². The second kappa shape index (κ2) is 9.66. The predicted octanol–water partition coefficient (Wildman–Crippen LogP) is 4.24. The lowest BCUT2D eigenvalue weighted by atomic mass is 9.89. The lowest BCUT2D eigenvalue weighted by Gasteiger charge is -2.35. The normalized spacial score (nSPS) is 13.9. The number of ether oxygens (including phenoxy) is 2. The highest BCUT2D eigenvalue weighted by atomic mass is 19.1. The Morgan fingerprint density at radius 3 is 2.26 bits per heavy atom. The van der Waals surface area contributed by atoms with Gasteiger partial charge in [0.2, 0.25) is 6.10 Å². The van der Waals surface area contributed by atoms with Gasteiger partial charge in [0, 0.05) is 11.4 Å². The van der Waals surface area contributed by atoms with E-state index in [1.165, 1.54) is 12.1 Å². The van der Waals surface area contributed by atoms with Crippen LogP contribution in [0.3, 0.4) is 0 Å². The van der Waals surface area contributed by atoms with Crippen LogP contribution in [0.2, 0.25) is 0 Å². The Hall–Kier alpha value is -3.32. The fourth-order valence-electron chi connectivity index (χ4n) is 3.36. The summed E-state index contributed by atoms with van der Waals surface area (Å²) in [5, 5.41) is 10.0. The number of carbonyl (C=O) groups is 1. The van der Waals surface area contributed by atoms with Crippen molar-refractivity contribution in [2.75, 3.05) is 6.61 Å². The number of aromatic nitrogens is 2. The predicted molar refractivity (Wildman–Crippen MR) is 113 cm³/mol. The molecule has 162 valence electrons. The molecule has 1 aromatic heterocycles. The highest BCUT2D eigenvalue weighted by molar-refractivity contribution is 5.75. The van der Waals surface area contributed by atoms with Crippen molar-refractivity contribution in [2.45, 2.75) is 38.9 Å². The van der Waals surface area contributed by atoms with Gasteiger partial charge >= 0.3 is 12.0 Å². The zero-order chi connectivity index (χ0) is 22.4. The first-order chi connectivity index (χ1) is 14.8. The van der Waals surface area contributed by atoms with Crippen molar-refractivity contribution in [2.24, 2.45) is 0 Å². The molecule has 0 spiro atoms. The zero-order valence-electron chi connectivity index (χ0n) is 17.7. The topological polar surface area (TPSA) is 81.5 Å². The second-order valence-corrected chi connectivity index (χ2v) is 7.47. The minimum Gasteiger partial charge on any atom is -0.478 e. The first-order valence-corrected chi connectivity index (χ1v) is 9.93. The van der Waals surface area contributed by atoms with Gasteiger partial charge in [0.05, 0.1) is 6.61 Å². The smallest absolute Gasteiger partial charge is 0.348 e. The summed E-state index contributed by atoms with van der Waals surface area (Å²) in [5.41, 5.74) is 1.54. The van der Waals surface area contributed by atoms with Crippen molar-refractivity contribution in [1.29, 1.82) is 0 Å². The molecule has 0 unspecified atom stereocenters. The first-order valence-electron chi connectivity index (χ1n) is 9.93. The van der Waals surface area contributed by atoms with Crippen LogP contribution in [0.4, 0.5) is 4.39 Å². The maximum Gasteiger partial charge on any atom is 0.348 e. The van der Waals surface area contributed by atoms with Crippen LogP contribution < -0.4 is 4.74 Å². The minimum atomic E-state index is -1.40.